The number of aliphatic hydroxyl groups is 1. The molecule has 0 aliphatic heterocycles. The molecule has 4 rings (SSSR count). The number of allylic oxidation sites excluding steroid dienone is 4. The summed E-state index contributed by atoms with van der Waals surface area (Å²) >= 11 is 0. The SMILES string of the molecule is C[C@@H]1C[C@H]2[C@@H]3CCC4=CC(=O)C=C[C@]4(C)[C@@]3(F)[C@@H](O)C[C@]2(C)[C@H]1C(=O)COS(C)(=O)=O. The van der Waals surface area contributed by atoms with E-state index >= 15 is 4.39 Å². The molecule has 0 amide bonds. The highest BCUT2D eigenvalue weighted by atomic mass is 32.2. The van der Waals surface area contributed by atoms with Crippen molar-refractivity contribution in [1.82, 2.24) is 0 Å². The highest BCUT2D eigenvalue weighted by Crippen LogP contribution is 2.69. The second-order valence-electron chi connectivity index (χ2n) is 10.5. The summed E-state index contributed by atoms with van der Waals surface area (Å²) in [6.45, 7) is 5.10. The number of halogens is 1. The van der Waals surface area contributed by atoms with E-state index in [2.05, 4.69) is 0 Å². The van der Waals surface area contributed by atoms with Crippen molar-refractivity contribution in [2.45, 2.75) is 58.2 Å². The molecule has 3 saturated carbocycles. The monoisotopic (exact) mass is 454 g/mol. The Hall–Kier alpha value is -1.38. The highest BCUT2D eigenvalue weighted by molar-refractivity contribution is 7.86. The Labute approximate surface area is 183 Å². The van der Waals surface area contributed by atoms with Gasteiger partial charge in [-0.1, -0.05) is 25.5 Å². The Balaban J connectivity index is 1.70. The number of hydrogen-bond acceptors (Lipinski definition) is 6. The molecule has 0 radical (unpaired) electrons. The topological polar surface area (TPSA) is 97.7 Å². The number of rotatable bonds is 4. The fourth-order valence-electron chi connectivity index (χ4n) is 7.52. The van der Waals surface area contributed by atoms with Gasteiger partial charge in [-0.25, -0.2) is 4.39 Å². The van der Waals surface area contributed by atoms with E-state index in [1.165, 1.54) is 12.2 Å². The standard InChI is InChI=1S/C23H31FO6S/c1-13-9-17-16-6-5-14-10-15(25)7-8-22(14,3)23(16,24)19(27)11-21(17,2)20(13)18(26)12-30-31(4,28)29/h7-8,10,13,16-17,19-20,27H,5-6,9,11-12H2,1-4H3/t13-,16+,17+,19+,20-,21+,22+,23+/m1/s1. The molecule has 4 aliphatic rings. The smallest absolute Gasteiger partial charge is 0.264 e. The van der Waals surface area contributed by atoms with E-state index in [1.54, 1.807) is 13.0 Å². The third-order valence-corrected chi connectivity index (χ3v) is 9.29. The molecular formula is C23H31FO6S. The van der Waals surface area contributed by atoms with Crippen LogP contribution in [0.15, 0.2) is 23.8 Å². The zero-order valence-corrected chi connectivity index (χ0v) is 19.2. The van der Waals surface area contributed by atoms with Crippen LogP contribution in [0.4, 0.5) is 4.39 Å². The quantitative estimate of drug-likeness (QED) is 0.656. The average molecular weight is 455 g/mol. The van der Waals surface area contributed by atoms with Crippen LogP contribution in [-0.4, -0.2) is 49.7 Å². The van der Waals surface area contributed by atoms with Crippen molar-refractivity contribution in [3.05, 3.63) is 23.8 Å². The molecule has 3 fully saturated rings. The summed E-state index contributed by atoms with van der Waals surface area (Å²) in [6, 6.07) is 0. The average Bonchev–Trinajstić information content (AvgIpc) is 2.91. The Morgan fingerprint density at radius 2 is 2.00 bits per heavy atom. The molecule has 6 nitrogen and oxygen atoms in total. The van der Waals surface area contributed by atoms with Gasteiger partial charge < -0.3 is 5.11 Å². The molecule has 8 atom stereocenters. The van der Waals surface area contributed by atoms with Crippen molar-refractivity contribution in [3.63, 3.8) is 0 Å². The first-order chi connectivity index (χ1) is 14.2. The molecule has 0 bridgehead atoms. The molecule has 1 N–H and O–H groups in total. The Kier molecular flexibility index (Phi) is 5.19. The number of carbonyl (C=O) groups excluding carboxylic acids is 2. The first-order valence-corrected chi connectivity index (χ1v) is 12.7. The normalized spacial score (nSPS) is 46.7. The van der Waals surface area contributed by atoms with Crippen LogP contribution < -0.4 is 0 Å². The van der Waals surface area contributed by atoms with Crippen LogP contribution in [0, 0.1) is 34.5 Å². The van der Waals surface area contributed by atoms with E-state index in [-0.39, 0.29) is 29.8 Å². The van der Waals surface area contributed by atoms with Crippen molar-refractivity contribution in [2.75, 3.05) is 12.9 Å². The fraction of sp³-hybridized carbons (Fsp3) is 0.739. The van der Waals surface area contributed by atoms with Crippen LogP contribution in [0.25, 0.3) is 0 Å². The molecule has 31 heavy (non-hydrogen) atoms. The van der Waals surface area contributed by atoms with E-state index in [0.29, 0.717) is 19.3 Å². The lowest BCUT2D eigenvalue weighted by atomic mass is 9.45. The van der Waals surface area contributed by atoms with Crippen LogP contribution >= 0.6 is 0 Å². The number of carbonyl (C=O) groups is 2. The number of aliphatic hydroxyl groups excluding tert-OH is 1. The first kappa shape index (κ1) is 22.8. The maximum atomic E-state index is 17.0. The molecular weight excluding hydrogens is 423 g/mol. The van der Waals surface area contributed by atoms with Gasteiger partial charge >= 0.3 is 0 Å². The van der Waals surface area contributed by atoms with Crippen LogP contribution in [0.1, 0.15) is 46.5 Å². The van der Waals surface area contributed by atoms with Crippen molar-refractivity contribution >= 4 is 21.7 Å². The second-order valence-corrected chi connectivity index (χ2v) is 12.1. The summed E-state index contributed by atoms with van der Waals surface area (Å²) < 4.78 is 44.5. The number of fused-ring (bicyclic) bond motifs is 5. The summed E-state index contributed by atoms with van der Waals surface area (Å²) in [5.41, 5.74) is -2.92. The lowest BCUT2D eigenvalue weighted by molar-refractivity contribution is -0.195. The van der Waals surface area contributed by atoms with E-state index in [9.17, 15) is 23.1 Å². The molecule has 0 heterocycles. The molecule has 0 aromatic heterocycles. The van der Waals surface area contributed by atoms with Crippen molar-refractivity contribution in [2.24, 2.45) is 34.5 Å². The highest BCUT2D eigenvalue weighted by Gasteiger charge is 2.71. The van der Waals surface area contributed by atoms with Gasteiger partial charge in [-0.2, -0.15) is 8.42 Å². The van der Waals surface area contributed by atoms with Crippen LogP contribution in [0.2, 0.25) is 0 Å². The first-order valence-electron chi connectivity index (χ1n) is 10.9. The summed E-state index contributed by atoms with van der Waals surface area (Å²) in [7, 11) is -3.75. The Morgan fingerprint density at radius 1 is 1.32 bits per heavy atom. The van der Waals surface area contributed by atoms with E-state index < -0.39 is 51.2 Å². The zero-order chi connectivity index (χ0) is 23.0. The van der Waals surface area contributed by atoms with Gasteiger partial charge in [-0.05, 0) is 62.0 Å². The largest absolute Gasteiger partial charge is 0.390 e. The van der Waals surface area contributed by atoms with Crippen molar-refractivity contribution in [3.8, 4) is 0 Å². The lowest BCUT2D eigenvalue weighted by Gasteiger charge is -2.62. The Morgan fingerprint density at radius 3 is 2.65 bits per heavy atom. The van der Waals surface area contributed by atoms with Crippen LogP contribution in [0.5, 0.6) is 0 Å². The van der Waals surface area contributed by atoms with E-state index in [0.717, 1.165) is 11.8 Å². The molecule has 0 aromatic rings. The van der Waals surface area contributed by atoms with Gasteiger partial charge in [0.2, 0.25) is 0 Å². The molecule has 172 valence electrons. The number of hydrogen-bond donors (Lipinski definition) is 1. The lowest BCUT2D eigenvalue weighted by Crippen LogP contribution is -2.66. The fourth-order valence-corrected chi connectivity index (χ4v) is 7.85. The third-order valence-electron chi connectivity index (χ3n) is 8.74. The van der Waals surface area contributed by atoms with E-state index in [4.69, 9.17) is 4.18 Å². The molecule has 0 saturated heterocycles. The van der Waals surface area contributed by atoms with E-state index in [1.807, 2.05) is 13.8 Å². The summed E-state index contributed by atoms with van der Waals surface area (Å²) in [5, 5.41) is 11.2. The van der Waals surface area contributed by atoms with Gasteiger partial charge in [-0.3, -0.25) is 13.8 Å². The minimum absolute atomic E-state index is 0.0755. The summed E-state index contributed by atoms with van der Waals surface area (Å²) in [6.07, 6.45) is 5.92. The number of alkyl halides is 1. The third kappa shape index (κ3) is 3.20. The van der Waals surface area contributed by atoms with Crippen molar-refractivity contribution < 1.29 is 31.7 Å². The van der Waals surface area contributed by atoms with Crippen LogP contribution in [0.3, 0.4) is 0 Å². The Bertz CT molecular complexity index is 986. The predicted molar refractivity (Wildman–Crippen MR) is 112 cm³/mol. The molecule has 0 aromatic carbocycles. The molecule has 4 aliphatic carbocycles. The van der Waals surface area contributed by atoms with Gasteiger partial charge in [-0.15, -0.1) is 0 Å². The van der Waals surface area contributed by atoms with Gasteiger partial charge in [0.1, 0.15) is 6.61 Å². The minimum atomic E-state index is -3.75. The van der Waals surface area contributed by atoms with Gasteiger partial charge in [0.15, 0.2) is 17.2 Å². The summed E-state index contributed by atoms with van der Waals surface area (Å²) in [5.74, 6) is -1.65. The molecule has 0 unspecified atom stereocenters. The zero-order valence-electron chi connectivity index (χ0n) is 18.4. The summed E-state index contributed by atoms with van der Waals surface area (Å²) in [4.78, 5) is 24.9. The molecule has 8 heteroatoms. The molecule has 0 spiro atoms. The maximum absolute atomic E-state index is 17.0. The van der Waals surface area contributed by atoms with Gasteiger partial charge in [0.25, 0.3) is 10.1 Å². The number of Topliss-reactive ketones (excluding diaryl/α,β-unsaturated/α-hetero) is 1. The van der Waals surface area contributed by atoms with Gasteiger partial charge in [0.05, 0.1) is 12.4 Å². The maximum Gasteiger partial charge on any atom is 0.264 e. The van der Waals surface area contributed by atoms with Crippen molar-refractivity contribution in [1.29, 1.82) is 0 Å². The van der Waals surface area contributed by atoms with Crippen LogP contribution in [-0.2, 0) is 23.9 Å². The minimum Gasteiger partial charge on any atom is -0.390 e. The second kappa shape index (κ2) is 7.06. The number of ketones is 2. The van der Waals surface area contributed by atoms with Gasteiger partial charge in [0, 0.05) is 17.3 Å². The predicted octanol–water partition coefficient (Wildman–Crippen LogP) is 2.76.